The first-order valence-corrected chi connectivity index (χ1v) is 10.9. The third-order valence-corrected chi connectivity index (χ3v) is 5.55. The van der Waals surface area contributed by atoms with Gasteiger partial charge in [0.05, 0.1) is 10.4 Å². The molecule has 0 aliphatic heterocycles. The van der Waals surface area contributed by atoms with Gasteiger partial charge in [-0.05, 0) is 62.2 Å². The topological polar surface area (TPSA) is 91.4 Å². The van der Waals surface area contributed by atoms with Crippen LogP contribution in [0.3, 0.4) is 0 Å². The highest BCUT2D eigenvalue weighted by Gasteiger charge is 2.22. The first-order valence-electron chi connectivity index (χ1n) is 8.98. The molecule has 0 bridgehead atoms. The van der Waals surface area contributed by atoms with Crippen LogP contribution in [0.2, 0.25) is 0 Å². The average Bonchev–Trinajstić information content (AvgIpc) is 2.97. The zero-order valence-electron chi connectivity index (χ0n) is 16.7. The summed E-state index contributed by atoms with van der Waals surface area (Å²) < 4.78 is 44.5. The Labute approximate surface area is 169 Å². The molecule has 2 N–H and O–H groups in total. The molecular formula is C21H23FN2O4S. The van der Waals surface area contributed by atoms with Crippen molar-refractivity contribution in [2.24, 2.45) is 5.73 Å². The van der Waals surface area contributed by atoms with E-state index in [1.54, 1.807) is 45.2 Å². The second kappa shape index (κ2) is 7.27. The maximum atomic E-state index is 13.9. The van der Waals surface area contributed by atoms with Crippen LogP contribution in [-0.2, 0) is 21.1 Å². The summed E-state index contributed by atoms with van der Waals surface area (Å²) in [7, 11) is -3.43. The van der Waals surface area contributed by atoms with E-state index in [0.717, 1.165) is 6.26 Å². The van der Waals surface area contributed by atoms with Crippen LogP contribution in [-0.4, -0.2) is 30.9 Å². The van der Waals surface area contributed by atoms with Crippen molar-refractivity contribution in [2.45, 2.75) is 37.8 Å². The Morgan fingerprint density at radius 2 is 1.86 bits per heavy atom. The van der Waals surface area contributed by atoms with E-state index in [2.05, 4.69) is 0 Å². The number of benzene rings is 2. The molecule has 8 heteroatoms. The van der Waals surface area contributed by atoms with Crippen LogP contribution in [0.25, 0.3) is 22.0 Å². The van der Waals surface area contributed by atoms with Gasteiger partial charge in [0, 0.05) is 29.9 Å². The second-order valence-electron chi connectivity index (χ2n) is 7.85. The van der Waals surface area contributed by atoms with Crippen LogP contribution in [0, 0.1) is 5.82 Å². The van der Waals surface area contributed by atoms with Gasteiger partial charge in [0.1, 0.15) is 11.4 Å². The Morgan fingerprint density at radius 3 is 2.45 bits per heavy atom. The van der Waals surface area contributed by atoms with Crippen molar-refractivity contribution >= 4 is 26.8 Å². The molecule has 0 saturated carbocycles. The van der Waals surface area contributed by atoms with Gasteiger partial charge in [0.15, 0.2) is 9.84 Å². The first kappa shape index (κ1) is 21.0. The van der Waals surface area contributed by atoms with Crippen LogP contribution in [0.4, 0.5) is 9.18 Å². The number of hydrogen-bond donors (Lipinski definition) is 1. The highest BCUT2D eigenvalue weighted by molar-refractivity contribution is 7.90. The molecule has 0 aliphatic carbocycles. The van der Waals surface area contributed by atoms with Crippen LogP contribution in [0.15, 0.2) is 47.5 Å². The highest BCUT2D eigenvalue weighted by atomic mass is 32.2. The summed E-state index contributed by atoms with van der Waals surface area (Å²) in [5.41, 5.74) is 7.16. The maximum absolute atomic E-state index is 13.9. The lowest BCUT2D eigenvalue weighted by Gasteiger charge is -2.19. The molecule has 3 aromatic rings. The molecule has 6 nitrogen and oxygen atoms in total. The molecule has 0 fully saturated rings. The molecule has 0 aliphatic rings. The van der Waals surface area contributed by atoms with Gasteiger partial charge >= 0.3 is 6.09 Å². The van der Waals surface area contributed by atoms with Gasteiger partial charge in [-0.3, -0.25) is 4.57 Å². The molecule has 154 valence electrons. The summed E-state index contributed by atoms with van der Waals surface area (Å²) in [6, 6.07) is 8.96. The first-order chi connectivity index (χ1) is 13.4. The molecule has 1 heterocycles. The molecule has 0 radical (unpaired) electrons. The van der Waals surface area contributed by atoms with Gasteiger partial charge in [-0.25, -0.2) is 17.6 Å². The summed E-state index contributed by atoms with van der Waals surface area (Å²) >= 11 is 0. The lowest BCUT2D eigenvalue weighted by molar-refractivity contribution is 0.0544. The zero-order valence-corrected chi connectivity index (χ0v) is 17.5. The summed E-state index contributed by atoms with van der Waals surface area (Å²) in [6.07, 6.45) is 2.05. The normalized spacial score (nSPS) is 12.3. The van der Waals surface area contributed by atoms with Crippen molar-refractivity contribution in [1.29, 1.82) is 0 Å². The van der Waals surface area contributed by atoms with Crippen molar-refractivity contribution in [3.05, 3.63) is 54.0 Å². The van der Waals surface area contributed by atoms with Crippen molar-refractivity contribution in [3.8, 4) is 11.1 Å². The van der Waals surface area contributed by atoms with Gasteiger partial charge in [0.25, 0.3) is 0 Å². The summed E-state index contributed by atoms with van der Waals surface area (Å²) in [4.78, 5) is 12.8. The van der Waals surface area contributed by atoms with Crippen LogP contribution in [0.1, 0.15) is 26.3 Å². The van der Waals surface area contributed by atoms with E-state index in [4.69, 9.17) is 10.5 Å². The molecule has 0 atom stereocenters. The number of carbonyl (C=O) groups excluding carboxylic acids is 1. The van der Waals surface area contributed by atoms with E-state index in [1.807, 2.05) is 0 Å². The van der Waals surface area contributed by atoms with E-state index >= 15 is 0 Å². The lowest BCUT2D eigenvalue weighted by atomic mass is 10.0. The molecule has 29 heavy (non-hydrogen) atoms. The van der Waals surface area contributed by atoms with Gasteiger partial charge in [-0.1, -0.05) is 6.07 Å². The third-order valence-electron chi connectivity index (χ3n) is 4.35. The Morgan fingerprint density at radius 1 is 1.17 bits per heavy atom. The highest BCUT2D eigenvalue weighted by Crippen LogP contribution is 2.33. The largest absolute Gasteiger partial charge is 0.443 e. The number of nitrogens with zero attached hydrogens (tertiary/aromatic N) is 1. The number of sulfone groups is 1. The monoisotopic (exact) mass is 418 g/mol. The molecule has 1 aromatic heterocycles. The van der Waals surface area contributed by atoms with Crippen LogP contribution >= 0.6 is 0 Å². The van der Waals surface area contributed by atoms with E-state index in [0.29, 0.717) is 27.6 Å². The average molecular weight is 418 g/mol. The van der Waals surface area contributed by atoms with E-state index in [-0.39, 0.29) is 11.4 Å². The van der Waals surface area contributed by atoms with Crippen molar-refractivity contribution in [1.82, 2.24) is 4.57 Å². The number of hydrogen-bond acceptors (Lipinski definition) is 5. The van der Waals surface area contributed by atoms with E-state index in [9.17, 15) is 17.6 Å². The van der Waals surface area contributed by atoms with Gasteiger partial charge in [-0.15, -0.1) is 0 Å². The standard InChI is InChI=1S/C21H23FN2O4S/c1-21(2,3)28-20(25)24-12-17(16-7-6-15(22)10-18(16)24)13-5-8-19(29(4,26)27)14(9-13)11-23/h5-10,12H,11,23H2,1-4H3. The quantitative estimate of drug-likeness (QED) is 0.692. The third kappa shape index (κ3) is 4.33. The number of ether oxygens (including phenoxy) is 1. The molecule has 2 aromatic carbocycles. The van der Waals surface area contributed by atoms with E-state index < -0.39 is 27.3 Å². The SMILES string of the molecule is CC(C)(C)OC(=O)n1cc(-c2ccc(S(C)(=O)=O)c(CN)c2)c2ccc(F)cc21. The van der Waals surface area contributed by atoms with Gasteiger partial charge < -0.3 is 10.5 Å². The fourth-order valence-electron chi connectivity index (χ4n) is 3.16. The minimum atomic E-state index is -3.43. The zero-order chi connectivity index (χ0) is 21.6. The molecule has 3 rings (SSSR count). The van der Waals surface area contributed by atoms with Gasteiger partial charge in [-0.2, -0.15) is 0 Å². The number of aromatic nitrogens is 1. The molecule has 0 amide bonds. The summed E-state index contributed by atoms with van der Waals surface area (Å²) in [5, 5.41) is 0.632. The number of carbonyl (C=O) groups is 1. The Bertz CT molecular complexity index is 1210. The fraction of sp³-hybridized carbons (Fsp3) is 0.286. The Balaban J connectivity index is 2.22. The van der Waals surface area contributed by atoms with Crippen molar-refractivity contribution < 1.29 is 22.3 Å². The Kier molecular flexibility index (Phi) is 5.27. The predicted octanol–water partition coefficient (Wildman–Crippen LogP) is 4.09. The number of rotatable bonds is 3. The number of halogens is 1. The van der Waals surface area contributed by atoms with Crippen LogP contribution < -0.4 is 5.73 Å². The fourth-order valence-corrected chi connectivity index (χ4v) is 4.09. The smallest absolute Gasteiger partial charge is 0.419 e. The predicted molar refractivity (Wildman–Crippen MR) is 110 cm³/mol. The molecule has 0 unspecified atom stereocenters. The van der Waals surface area contributed by atoms with E-state index in [1.165, 1.54) is 22.8 Å². The molecule has 0 spiro atoms. The number of fused-ring (bicyclic) bond motifs is 1. The van der Waals surface area contributed by atoms with Gasteiger partial charge in [0.2, 0.25) is 0 Å². The number of nitrogens with two attached hydrogens (primary N) is 1. The summed E-state index contributed by atoms with van der Waals surface area (Å²) in [5.74, 6) is -0.484. The van der Waals surface area contributed by atoms with Crippen molar-refractivity contribution in [3.63, 3.8) is 0 Å². The summed E-state index contributed by atoms with van der Waals surface area (Å²) in [6.45, 7) is 5.27. The minimum absolute atomic E-state index is 0.0373. The van der Waals surface area contributed by atoms with Crippen LogP contribution in [0.5, 0.6) is 0 Å². The van der Waals surface area contributed by atoms with Crippen molar-refractivity contribution in [2.75, 3.05) is 6.26 Å². The Hall–Kier alpha value is -2.71. The molecule has 0 saturated heterocycles. The lowest BCUT2D eigenvalue weighted by Crippen LogP contribution is -2.26. The maximum Gasteiger partial charge on any atom is 0.419 e. The second-order valence-corrected chi connectivity index (χ2v) is 9.84. The minimum Gasteiger partial charge on any atom is -0.443 e. The molecular weight excluding hydrogens is 395 g/mol.